The summed E-state index contributed by atoms with van der Waals surface area (Å²) >= 11 is 0. The highest BCUT2D eigenvalue weighted by Gasteiger charge is 2.22. The van der Waals surface area contributed by atoms with Crippen LogP contribution in [-0.2, 0) is 11.2 Å². The van der Waals surface area contributed by atoms with Crippen LogP contribution >= 0.6 is 0 Å². The summed E-state index contributed by atoms with van der Waals surface area (Å²) in [5.74, 6) is 0.231. The van der Waals surface area contributed by atoms with Crippen LogP contribution < -0.4 is 5.73 Å². The maximum Gasteiger partial charge on any atom is 0.267 e. The van der Waals surface area contributed by atoms with Crippen LogP contribution in [0.15, 0.2) is 12.4 Å². The van der Waals surface area contributed by atoms with Gasteiger partial charge in [0.2, 0.25) is 5.91 Å². The first-order valence-electron chi connectivity index (χ1n) is 7.87. The van der Waals surface area contributed by atoms with Crippen LogP contribution in [0.2, 0.25) is 0 Å². The molecule has 1 aromatic rings. The predicted octanol–water partition coefficient (Wildman–Crippen LogP) is 1.40. The fourth-order valence-corrected chi connectivity index (χ4v) is 2.89. The maximum atomic E-state index is 12.1. The van der Waals surface area contributed by atoms with Gasteiger partial charge in [-0.3, -0.25) is 9.59 Å². The highest BCUT2D eigenvalue weighted by molar-refractivity contribution is 5.90. The van der Waals surface area contributed by atoms with Gasteiger partial charge in [-0.25, -0.2) is 9.97 Å². The minimum absolute atomic E-state index is 0.0524. The monoisotopic (exact) mass is 304 g/mol. The van der Waals surface area contributed by atoms with Gasteiger partial charge in [0, 0.05) is 24.7 Å². The molecular formula is C16H24N4O2. The number of hydrogen-bond donors (Lipinski definition) is 1. The van der Waals surface area contributed by atoms with Crippen molar-refractivity contribution in [2.24, 2.45) is 17.6 Å². The van der Waals surface area contributed by atoms with Crippen LogP contribution in [0, 0.1) is 11.8 Å². The largest absolute Gasteiger partial charge is 0.364 e. The molecule has 120 valence electrons. The van der Waals surface area contributed by atoms with Crippen molar-refractivity contribution < 1.29 is 9.59 Å². The summed E-state index contributed by atoms with van der Waals surface area (Å²) in [7, 11) is 0. The summed E-state index contributed by atoms with van der Waals surface area (Å²) in [5, 5.41) is 0. The second-order valence-corrected chi connectivity index (χ2v) is 6.24. The second-order valence-electron chi connectivity index (χ2n) is 6.24. The fourth-order valence-electron chi connectivity index (χ4n) is 2.89. The number of carbonyl (C=O) groups excluding carboxylic acids is 2. The molecule has 2 rings (SSSR count). The van der Waals surface area contributed by atoms with E-state index in [1.165, 1.54) is 6.33 Å². The number of hydrogen-bond acceptors (Lipinski definition) is 4. The van der Waals surface area contributed by atoms with Crippen molar-refractivity contribution in [3.63, 3.8) is 0 Å². The zero-order chi connectivity index (χ0) is 16.1. The van der Waals surface area contributed by atoms with Crippen molar-refractivity contribution >= 4 is 11.8 Å². The minimum Gasteiger partial charge on any atom is -0.364 e. The van der Waals surface area contributed by atoms with E-state index in [0.717, 1.165) is 44.5 Å². The average molecular weight is 304 g/mol. The Bertz CT molecular complexity index is 545. The summed E-state index contributed by atoms with van der Waals surface area (Å²) < 4.78 is 0. The SMILES string of the molecule is CC(C)C(=O)N1CCC[C@H](Cc2cc(C(N)=O)ncn2)CC1. The summed E-state index contributed by atoms with van der Waals surface area (Å²) in [6, 6.07) is 1.67. The molecule has 6 nitrogen and oxygen atoms in total. The quantitative estimate of drug-likeness (QED) is 0.910. The zero-order valence-electron chi connectivity index (χ0n) is 13.3. The Morgan fingerprint density at radius 2 is 2.09 bits per heavy atom. The Hall–Kier alpha value is -1.98. The lowest BCUT2D eigenvalue weighted by molar-refractivity contribution is -0.134. The van der Waals surface area contributed by atoms with E-state index >= 15 is 0 Å². The van der Waals surface area contributed by atoms with Crippen LogP contribution in [0.3, 0.4) is 0 Å². The van der Waals surface area contributed by atoms with Crippen molar-refractivity contribution in [3.05, 3.63) is 23.8 Å². The third-order valence-electron chi connectivity index (χ3n) is 4.13. The predicted molar refractivity (Wildman–Crippen MR) is 83.0 cm³/mol. The number of rotatable bonds is 4. The van der Waals surface area contributed by atoms with E-state index < -0.39 is 5.91 Å². The first-order chi connectivity index (χ1) is 10.5. The van der Waals surface area contributed by atoms with E-state index in [9.17, 15) is 9.59 Å². The molecule has 2 heterocycles. The van der Waals surface area contributed by atoms with Crippen LogP contribution in [0.1, 0.15) is 49.3 Å². The van der Waals surface area contributed by atoms with Gasteiger partial charge in [-0.05, 0) is 37.7 Å². The van der Waals surface area contributed by atoms with Gasteiger partial charge in [-0.2, -0.15) is 0 Å². The van der Waals surface area contributed by atoms with E-state index in [2.05, 4.69) is 9.97 Å². The van der Waals surface area contributed by atoms with Crippen LogP contribution in [-0.4, -0.2) is 39.8 Å². The van der Waals surface area contributed by atoms with Crippen LogP contribution in [0.4, 0.5) is 0 Å². The fraction of sp³-hybridized carbons (Fsp3) is 0.625. The first-order valence-corrected chi connectivity index (χ1v) is 7.87. The first kappa shape index (κ1) is 16.4. The lowest BCUT2D eigenvalue weighted by Gasteiger charge is -2.22. The molecule has 2 N–H and O–H groups in total. The topological polar surface area (TPSA) is 89.2 Å². The highest BCUT2D eigenvalue weighted by atomic mass is 16.2. The number of likely N-dealkylation sites (tertiary alicyclic amines) is 1. The number of nitrogens with zero attached hydrogens (tertiary/aromatic N) is 3. The zero-order valence-corrected chi connectivity index (χ0v) is 13.3. The van der Waals surface area contributed by atoms with Gasteiger partial charge in [0.25, 0.3) is 5.91 Å². The van der Waals surface area contributed by atoms with Gasteiger partial charge < -0.3 is 10.6 Å². The lowest BCUT2D eigenvalue weighted by Crippen LogP contribution is -2.35. The molecule has 0 bridgehead atoms. The molecule has 1 fully saturated rings. The molecule has 0 unspecified atom stereocenters. The molecule has 0 aliphatic carbocycles. The third-order valence-corrected chi connectivity index (χ3v) is 4.13. The molecule has 22 heavy (non-hydrogen) atoms. The smallest absolute Gasteiger partial charge is 0.267 e. The minimum atomic E-state index is -0.529. The van der Waals surface area contributed by atoms with Gasteiger partial charge in [-0.15, -0.1) is 0 Å². The number of aromatic nitrogens is 2. The maximum absolute atomic E-state index is 12.1. The molecule has 2 amide bonds. The van der Waals surface area contributed by atoms with Crippen LogP contribution in [0.5, 0.6) is 0 Å². The summed E-state index contributed by atoms with van der Waals surface area (Å²) in [6.07, 6.45) is 5.23. The van der Waals surface area contributed by atoms with Crippen molar-refractivity contribution in [2.75, 3.05) is 13.1 Å². The standard InChI is InChI=1S/C16H24N4O2/c1-11(2)16(22)20-6-3-4-12(5-7-20)8-13-9-14(15(17)21)19-10-18-13/h9-12H,3-8H2,1-2H3,(H2,17,21)/t12-/m0/s1. The van der Waals surface area contributed by atoms with E-state index in [-0.39, 0.29) is 17.5 Å². The summed E-state index contributed by atoms with van der Waals surface area (Å²) in [5.41, 5.74) is 6.35. The normalized spacial score (nSPS) is 19.0. The molecule has 6 heteroatoms. The van der Waals surface area contributed by atoms with Gasteiger partial charge in [0.15, 0.2) is 0 Å². The van der Waals surface area contributed by atoms with E-state index in [0.29, 0.717) is 5.92 Å². The molecule has 0 aromatic carbocycles. The van der Waals surface area contributed by atoms with Crippen molar-refractivity contribution in [1.82, 2.24) is 14.9 Å². The van der Waals surface area contributed by atoms with Crippen LogP contribution in [0.25, 0.3) is 0 Å². The van der Waals surface area contributed by atoms with E-state index in [1.54, 1.807) is 6.07 Å². The molecule has 1 aromatic heterocycles. The Kier molecular flexibility index (Phi) is 5.46. The summed E-state index contributed by atoms with van der Waals surface area (Å²) in [4.78, 5) is 33.3. The molecular weight excluding hydrogens is 280 g/mol. The molecule has 1 saturated heterocycles. The lowest BCUT2D eigenvalue weighted by atomic mass is 9.95. The van der Waals surface area contributed by atoms with Crippen molar-refractivity contribution in [3.8, 4) is 0 Å². The third kappa shape index (κ3) is 4.26. The molecule has 0 saturated carbocycles. The molecule has 0 spiro atoms. The molecule has 0 radical (unpaired) electrons. The number of nitrogens with two attached hydrogens (primary N) is 1. The van der Waals surface area contributed by atoms with E-state index in [4.69, 9.17) is 5.73 Å². The van der Waals surface area contributed by atoms with Gasteiger partial charge in [-0.1, -0.05) is 13.8 Å². The number of primary amides is 1. The average Bonchev–Trinajstić information content (AvgIpc) is 2.72. The van der Waals surface area contributed by atoms with Gasteiger partial charge >= 0.3 is 0 Å². The highest BCUT2D eigenvalue weighted by Crippen LogP contribution is 2.22. The number of amides is 2. The van der Waals surface area contributed by atoms with E-state index in [1.807, 2.05) is 18.7 Å². The summed E-state index contributed by atoms with van der Waals surface area (Å²) in [6.45, 7) is 5.52. The Balaban J connectivity index is 1.96. The number of carbonyl (C=O) groups is 2. The Labute approximate surface area is 131 Å². The molecule has 1 atom stereocenters. The molecule has 1 aliphatic rings. The Morgan fingerprint density at radius 1 is 1.32 bits per heavy atom. The second kappa shape index (κ2) is 7.33. The van der Waals surface area contributed by atoms with Gasteiger partial charge in [0.05, 0.1) is 0 Å². The van der Waals surface area contributed by atoms with Crippen molar-refractivity contribution in [2.45, 2.75) is 39.5 Å². The molecule has 1 aliphatic heterocycles. The van der Waals surface area contributed by atoms with Crippen molar-refractivity contribution in [1.29, 1.82) is 0 Å². The Morgan fingerprint density at radius 3 is 2.77 bits per heavy atom. The van der Waals surface area contributed by atoms with Gasteiger partial charge in [0.1, 0.15) is 12.0 Å².